The molecule has 0 bridgehead atoms. The third-order valence-corrected chi connectivity index (χ3v) is 6.28. The second-order valence-corrected chi connectivity index (χ2v) is 9.77. The standard InChI is InChI=1S/C27H58N2O3/c1-2-3-4-5-6-7-8-9-10-11-12-13-14-15-16-17-18-19-20-21-23-28-24-22-25-29-26-27(30,31)32/h28-32H,2-26H2,1H3. The molecule has 0 heterocycles. The van der Waals surface area contributed by atoms with Crippen molar-refractivity contribution < 1.29 is 15.3 Å². The van der Waals surface area contributed by atoms with Gasteiger partial charge >= 0.3 is 0 Å². The molecule has 5 nitrogen and oxygen atoms in total. The predicted octanol–water partition coefficient (Wildman–Crippen LogP) is 6.01. The monoisotopic (exact) mass is 458 g/mol. The van der Waals surface area contributed by atoms with Gasteiger partial charge in [0.05, 0.1) is 6.54 Å². The fourth-order valence-corrected chi connectivity index (χ4v) is 4.22. The van der Waals surface area contributed by atoms with Crippen LogP contribution in [0.4, 0.5) is 0 Å². The van der Waals surface area contributed by atoms with Crippen molar-refractivity contribution in [1.82, 2.24) is 10.6 Å². The SMILES string of the molecule is CCCCCCCCCCCCCCCCCCCCCCNCCCNCC(O)(O)O. The molecule has 0 atom stereocenters. The zero-order valence-electron chi connectivity index (χ0n) is 21.5. The van der Waals surface area contributed by atoms with E-state index in [1.807, 2.05) is 0 Å². The van der Waals surface area contributed by atoms with Gasteiger partial charge in [0, 0.05) is 0 Å². The first kappa shape index (κ1) is 31.8. The van der Waals surface area contributed by atoms with E-state index in [0.29, 0.717) is 6.54 Å². The van der Waals surface area contributed by atoms with E-state index < -0.39 is 5.97 Å². The highest BCUT2D eigenvalue weighted by atomic mass is 16.7. The van der Waals surface area contributed by atoms with Crippen LogP contribution in [0.2, 0.25) is 0 Å². The van der Waals surface area contributed by atoms with Crippen LogP contribution in [-0.4, -0.2) is 47.5 Å². The van der Waals surface area contributed by atoms with Crippen LogP contribution in [-0.2, 0) is 0 Å². The molecule has 0 spiro atoms. The fourth-order valence-electron chi connectivity index (χ4n) is 4.22. The van der Waals surface area contributed by atoms with Crippen molar-refractivity contribution in [2.24, 2.45) is 0 Å². The fraction of sp³-hybridized carbons (Fsp3) is 1.00. The van der Waals surface area contributed by atoms with Crippen molar-refractivity contribution in [2.75, 3.05) is 26.2 Å². The summed E-state index contributed by atoms with van der Waals surface area (Å²) in [5.74, 6) is -2.60. The first-order chi connectivity index (χ1) is 15.6. The van der Waals surface area contributed by atoms with Gasteiger partial charge in [-0.2, -0.15) is 0 Å². The molecule has 5 heteroatoms. The van der Waals surface area contributed by atoms with E-state index >= 15 is 0 Å². The summed E-state index contributed by atoms with van der Waals surface area (Å²) in [6.45, 7) is 4.71. The Morgan fingerprint density at radius 1 is 0.406 bits per heavy atom. The molecule has 0 saturated carbocycles. The van der Waals surface area contributed by atoms with Crippen LogP contribution in [0.5, 0.6) is 0 Å². The Bertz CT molecular complexity index is 348. The highest BCUT2D eigenvalue weighted by Gasteiger charge is 2.16. The zero-order valence-corrected chi connectivity index (χ0v) is 21.5. The lowest BCUT2D eigenvalue weighted by Crippen LogP contribution is -2.40. The zero-order chi connectivity index (χ0) is 23.6. The average Bonchev–Trinajstić information content (AvgIpc) is 2.75. The van der Waals surface area contributed by atoms with Gasteiger partial charge in [-0.05, 0) is 32.5 Å². The van der Waals surface area contributed by atoms with E-state index in [0.717, 1.165) is 19.5 Å². The Hall–Kier alpha value is -0.200. The molecule has 194 valence electrons. The van der Waals surface area contributed by atoms with E-state index in [4.69, 9.17) is 15.3 Å². The average molecular weight is 459 g/mol. The topological polar surface area (TPSA) is 84.8 Å². The summed E-state index contributed by atoms with van der Waals surface area (Å²) in [7, 11) is 0. The molecular weight excluding hydrogens is 400 g/mol. The van der Waals surface area contributed by atoms with Crippen LogP contribution in [0.3, 0.4) is 0 Å². The number of unbranched alkanes of at least 4 members (excludes halogenated alkanes) is 19. The van der Waals surface area contributed by atoms with Crippen LogP contribution in [0, 0.1) is 0 Å². The first-order valence-corrected chi connectivity index (χ1v) is 14.1. The largest absolute Gasteiger partial charge is 0.343 e. The molecule has 0 aromatic carbocycles. The maximum atomic E-state index is 8.74. The quantitative estimate of drug-likeness (QED) is 0.0769. The van der Waals surface area contributed by atoms with Crippen molar-refractivity contribution in [3.8, 4) is 0 Å². The van der Waals surface area contributed by atoms with Gasteiger partial charge in [0.2, 0.25) is 0 Å². The second kappa shape index (κ2) is 25.4. The highest BCUT2D eigenvalue weighted by Crippen LogP contribution is 2.14. The third-order valence-electron chi connectivity index (χ3n) is 6.28. The van der Waals surface area contributed by atoms with Gasteiger partial charge in [0.1, 0.15) is 0 Å². The molecule has 0 aromatic heterocycles. The minimum atomic E-state index is -2.60. The lowest BCUT2D eigenvalue weighted by molar-refractivity contribution is -0.306. The molecule has 0 fully saturated rings. The van der Waals surface area contributed by atoms with Crippen LogP contribution in [0.25, 0.3) is 0 Å². The van der Waals surface area contributed by atoms with Crippen LogP contribution >= 0.6 is 0 Å². The normalized spacial score (nSPS) is 12.0. The summed E-state index contributed by atoms with van der Waals surface area (Å²) >= 11 is 0. The van der Waals surface area contributed by atoms with E-state index in [9.17, 15) is 0 Å². The Labute approximate surface area is 200 Å². The maximum Gasteiger partial charge on any atom is 0.288 e. The second-order valence-electron chi connectivity index (χ2n) is 9.77. The number of nitrogens with one attached hydrogen (secondary N) is 2. The van der Waals surface area contributed by atoms with Crippen molar-refractivity contribution in [2.45, 2.75) is 148 Å². The van der Waals surface area contributed by atoms with Crippen LogP contribution in [0.1, 0.15) is 142 Å². The number of hydrogen-bond donors (Lipinski definition) is 5. The number of rotatable bonds is 27. The third kappa shape index (κ3) is 29.8. The Balaban J connectivity index is 3.02. The van der Waals surface area contributed by atoms with Crippen LogP contribution in [0.15, 0.2) is 0 Å². The molecule has 0 unspecified atom stereocenters. The summed E-state index contributed by atoms with van der Waals surface area (Å²) in [4.78, 5) is 0. The van der Waals surface area contributed by atoms with Gasteiger partial charge in [-0.15, -0.1) is 0 Å². The van der Waals surface area contributed by atoms with Gasteiger partial charge in [-0.3, -0.25) is 0 Å². The van der Waals surface area contributed by atoms with Crippen LogP contribution < -0.4 is 10.6 Å². The Kier molecular flexibility index (Phi) is 25.3. The molecule has 0 aliphatic heterocycles. The summed E-state index contributed by atoms with van der Waals surface area (Å²) in [5, 5.41) is 32.4. The summed E-state index contributed by atoms with van der Waals surface area (Å²) < 4.78 is 0. The van der Waals surface area contributed by atoms with E-state index in [-0.39, 0.29) is 6.54 Å². The number of aliphatic hydroxyl groups is 3. The van der Waals surface area contributed by atoms with Gasteiger partial charge in [0.15, 0.2) is 0 Å². The molecule has 0 radical (unpaired) electrons. The first-order valence-electron chi connectivity index (χ1n) is 14.1. The molecule has 32 heavy (non-hydrogen) atoms. The summed E-state index contributed by atoms with van der Waals surface area (Å²) in [6, 6.07) is 0. The van der Waals surface area contributed by atoms with Crippen molar-refractivity contribution >= 4 is 0 Å². The summed E-state index contributed by atoms with van der Waals surface area (Å²) in [5.41, 5.74) is 0. The van der Waals surface area contributed by atoms with Gasteiger partial charge < -0.3 is 26.0 Å². The van der Waals surface area contributed by atoms with Crippen molar-refractivity contribution in [3.05, 3.63) is 0 Å². The highest BCUT2D eigenvalue weighted by molar-refractivity contribution is 4.56. The van der Waals surface area contributed by atoms with Gasteiger partial charge in [0.25, 0.3) is 5.97 Å². The minimum Gasteiger partial charge on any atom is -0.343 e. The van der Waals surface area contributed by atoms with Crippen molar-refractivity contribution in [1.29, 1.82) is 0 Å². The number of hydrogen-bond acceptors (Lipinski definition) is 5. The summed E-state index contributed by atoms with van der Waals surface area (Å²) in [6.07, 6.45) is 29.2. The molecule has 0 saturated heterocycles. The van der Waals surface area contributed by atoms with E-state index in [1.165, 1.54) is 128 Å². The lowest BCUT2D eigenvalue weighted by atomic mass is 10.0. The lowest BCUT2D eigenvalue weighted by Gasteiger charge is -2.14. The van der Waals surface area contributed by atoms with E-state index in [2.05, 4.69) is 17.6 Å². The molecular formula is C27H58N2O3. The molecule has 5 N–H and O–H groups in total. The smallest absolute Gasteiger partial charge is 0.288 e. The van der Waals surface area contributed by atoms with E-state index in [1.54, 1.807) is 0 Å². The Morgan fingerprint density at radius 2 is 0.719 bits per heavy atom. The maximum absolute atomic E-state index is 8.74. The van der Waals surface area contributed by atoms with Gasteiger partial charge in [-0.25, -0.2) is 0 Å². The molecule has 0 amide bonds. The minimum absolute atomic E-state index is 0.216. The van der Waals surface area contributed by atoms with Crippen molar-refractivity contribution in [3.63, 3.8) is 0 Å². The molecule has 0 aliphatic rings. The molecule has 0 aromatic rings. The Morgan fingerprint density at radius 3 is 1.09 bits per heavy atom. The predicted molar refractivity (Wildman–Crippen MR) is 138 cm³/mol. The van der Waals surface area contributed by atoms with Gasteiger partial charge in [-0.1, -0.05) is 129 Å². The molecule has 0 rings (SSSR count). The molecule has 0 aliphatic carbocycles.